The SMILES string of the molecule is CN=C(NCCCCn1ccccc1=O)NCCc1ccc(OC)c(OC)c1.I. The van der Waals surface area contributed by atoms with Gasteiger partial charge in [0.05, 0.1) is 14.2 Å². The average molecular weight is 514 g/mol. The number of aryl methyl sites for hydroxylation is 1. The van der Waals surface area contributed by atoms with Crippen molar-refractivity contribution in [1.82, 2.24) is 15.2 Å². The molecule has 0 radical (unpaired) electrons. The Bertz CT molecular complexity index is 824. The molecule has 0 spiro atoms. The zero-order chi connectivity index (χ0) is 20.2. The smallest absolute Gasteiger partial charge is 0.250 e. The summed E-state index contributed by atoms with van der Waals surface area (Å²) in [6, 6.07) is 11.2. The minimum absolute atomic E-state index is 0. The lowest BCUT2D eigenvalue weighted by molar-refractivity contribution is 0.354. The molecule has 7 nitrogen and oxygen atoms in total. The number of hydrogen-bond acceptors (Lipinski definition) is 4. The zero-order valence-corrected chi connectivity index (χ0v) is 19.6. The van der Waals surface area contributed by atoms with Gasteiger partial charge < -0.3 is 24.7 Å². The van der Waals surface area contributed by atoms with Gasteiger partial charge in [-0.3, -0.25) is 9.79 Å². The minimum Gasteiger partial charge on any atom is -0.493 e. The number of halogens is 1. The van der Waals surface area contributed by atoms with Crippen molar-refractivity contribution in [3.8, 4) is 11.5 Å². The van der Waals surface area contributed by atoms with Gasteiger partial charge in [0.25, 0.3) is 0 Å². The van der Waals surface area contributed by atoms with E-state index in [4.69, 9.17) is 9.47 Å². The van der Waals surface area contributed by atoms with E-state index in [1.54, 1.807) is 38.0 Å². The Labute approximate surface area is 189 Å². The van der Waals surface area contributed by atoms with Crippen molar-refractivity contribution in [2.24, 2.45) is 4.99 Å². The molecular weight excluding hydrogens is 483 g/mol. The number of methoxy groups -OCH3 is 2. The maximum Gasteiger partial charge on any atom is 0.250 e. The molecule has 29 heavy (non-hydrogen) atoms. The molecule has 8 heteroatoms. The highest BCUT2D eigenvalue weighted by Crippen LogP contribution is 2.27. The molecule has 160 valence electrons. The molecule has 2 rings (SSSR count). The number of hydrogen-bond donors (Lipinski definition) is 2. The van der Waals surface area contributed by atoms with Crippen molar-refractivity contribution >= 4 is 29.9 Å². The number of nitrogens with zero attached hydrogens (tertiary/aromatic N) is 2. The monoisotopic (exact) mass is 514 g/mol. The zero-order valence-electron chi connectivity index (χ0n) is 17.3. The Morgan fingerprint density at radius 1 is 1.03 bits per heavy atom. The predicted octanol–water partition coefficient (Wildman–Crippen LogP) is 2.67. The first-order valence-corrected chi connectivity index (χ1v) is 9.49. The average Bonchev–Trinajstić information content (AvgIpc) is 2.73. The van der Waals surface area contributed by atoms with Gasteiger partial charge in [-0.15, -0.1) is 24.0 Å². The molecule has 0 atom stereocenters. The number of ether oxygens (including phenoxy) is 2. The number of rotatable bonds is 10. The molecule has 0 amide bonds. The molecule has 0 aliphatic carbocycles. The third-order valence-corrected chi connectivity index (χ3v) is 4.39. The Morgan fingerprint density at radius 3 is 2.48 bits per heavy atom. The molecule has 0 aliphatic rings. The van der Waals surface area contributed by atoms with Crippen LogP contribution in [0.2, 0.25) is 0 Å². The fraction of sp³-hybridized carbons (Fsp3) is 0.429. The summed E-state index contributed by atoms with van der Waals surface area (Å²) in [4.78, 5) is 15.9. The van der Waals surface area contributed by atoms with Gasteiger partial charge in [0.1, 0.15) is 0 Å². The summed E-state index contributed by atoms with van der Waals surface area (Å²) in [6.07, 6.45) is 4.56. The van der Waals surface area contributed by atoms with Crippen LogP contribution in [0.3, 0.4) is 0 Å². The van der Waals surface area contributed by atoms with Crippen molar-refractivity contribution < 1.29 is 9.47 Å². The highest BCUT2D eigenvalue weighted by atomic mass is 127. The number of guanidine groups is 1. The van der Waals surface area contributed by atoms with Crippen LogP contribution in [0.25, 0.3) is 0 Å². The molecule has 1 aromatic heterocycles. The number of unbranched alkanes of at least 4 members (excludes halogenated alkanes) is 1. The number of nitrogens with one attached hydrogen (secondary N) is 2. The second kappa shape index (κ2) is 13.9. The van der Waals surface area contributed by atoms with Crippen LogP contribution in [0, 0.1) is 0 Å². The molecule has 0 fully saturated rings. The number of benzene rings is 1. The van der Waals surface area contributed by atoms with E-state index in [9.17, 15) is 4.79 Å². The predicted molar refractivity (Wildman–Crippen MR) is 128 cm³/mol. The summed E-state index contributed by atoms with van der Waals surface area (Å²) in [7, 11) is 5.03. The molecule has 0 saturated carbocycles. The Kier molecular flexibility index (Phi) is 11.9. The van der Waals surface area contributed by atoms with Gasteiger partial charge in [-0.2, -0.15) is 0 Å². The molecular formula is C21H31IN4O3. The summed E-state index contributed by atoms with van der Waals surface area (Å²) in [5.41, 5.74) is 1.21. The standard InChI is InChI=1S/C21H30N4O3.HI/c1-22-21(23-12-5-7-15-25-14-6-4-8-20(25)26)24-13-11-17-9-10-18(27-2)19(16-17)28-3;/h4,6,8-10,14,16H,5,7,11-13,15H2,1-3H3,(H2,22,23,24);1H. The van der Waals surface area contributed by atoms with Gasteiger partial charge >= 0.3 is 0 Å². The first-order valence-electron chi connectivity index (χ1n) is 9.49. The van der Waals surface area contributed by atoms with E-state index >= 15 is 0 Å². The van der Waals surface area contributed by atoms with Crippen LogP contribution in [-0.2, 0) is 13.0 Å². The third kappa shape index (κ3) is 8.35. The number of aliphatic imine (C=N–C) groups is 1. The van der Waals surface area contributed by atoms with Crippen molar-refractivity contribution in [3.05, 3.63) is 58.5 Å². The Morgan fingerprint density at radius 2 is 1.79 bits per heavy atom. The van der Waals surface area contributed by atoms with E-state index in [2.05, 4.69) is 15.6 Å². The van der Waals surface area contributed by atoms with E-state index < -0.39 is 0 Å². The van der Waals surface area contributed by atoms with Gasteiger partial charge in [0, 0.05) is 38.9 Å². The maximum absolute atomic E-state index is 11.7. The number of pyridine rings is 1. The molecule has 2 aromatic rings. The lowest BCUT2D eigenvalue weighted by Gasteiger charge is -2.13. The molecule has 2 N–H and O–H groups in total. The van der Waals surface area contributed by atoms with Crippen molar-refractivity contribution in [2.75, 3.05) is 34.4 Å². The summed E-state index contributed by atoms with van der Waals surface area (Å²) >= 11 is 0. The number of aromatic nitrogens is 1. The van der Waals surface area contributed by atoms with Crippen LogP contribution in [0.4, 0.5) is 0 Å². The Balaban J connectivity index is 0.00000420. The summed E-state index contributed by atoms with van der Waals surface area (Å²) in [6.45, 7) is 2.29. The van der Waals surface area contributed by atoms with Crippen LogP contribution in [0.1, 0.15) is 18.4 Å². The first-order chi connectivity index (χ1) is 13.7. The lowest BCUT2D eigenvalue weighted by Crippen LogP contribution is -2.38. The second-order valence-corrected chi connectivity index (χ2v) is 6.30. The van der Waals surface area contributed by atoms with Crippen LogP contribution in [-0.4, -0.2) is 44.9 Å². The topological polar surface area (TPSA) is 76.9 Å². The van der Waals surface area contributed by atoms with E-state index in [1.807, 2.05) is 30.5 Å². The van der Waals surface area contributed by atoms with E-state index in [0.29, 0.717) is 0 Å². The second-order valence-electron chi connectivity index (χ2n) is 6.30. The molecule has 1 aromatic carbocycles. The minimum atomic E-state index is 0. The van der Waals surface area contributed by atoms with Crippen LogP contribution in [0.15, 0.2) is 52.4 Å². The van der Waals surface area contributed by atoms with E-state index in [-0.39, 0.29) is 29.5 Å². The normalized spacial score (nSPS) is 10.8. The van der Waals surface area contributed by atoms with Crippen LogP contribution < -0.4 is 25.7 Å². The van der Waals surface area contributed by atoms with Crippen molar-refractivity contribution in [3.63, 3.8) is 0 Å². The van der Waals surface area contributed by atoms with E-state index in [0.717, 1.165) is 61.9 Å². The fourth-order valence-corrected chi connectivity index (χ4v) is 2.84. The quantitative estimate of drug-likeness (QED) is 0.221. The fourth-order valence-electron chi connectivity index (χ4n) is 2.84. The Hall–Kier alpha value is -2.23. The largest absolute Gasteiger partial charge is 0.493 e. The van der Waals surface area contributed by atoms with Gasteiger partial charge in [-0.05, 0) is 43.0 Å². The molecule has 0 saturated heterocycles. The van der Waals surface area contributed by atoms with Crippen molar-refractivity contribution in [1.29, 1.82) is 0 Å². The van der Waals surface area contributed by atoms with Gasteiger partial charge in [0.15, 0.2) is 17.5 Å². The lowest BCUT2D eigenvalue weighted by atomic mass is 10.1. The maximum atomic E-state index is 11.7. The highest BCUT2D eigenvalue weighted by molar-refractivity contribution is 14.0. The van der Waals surface area contributed by atoms with Crippen molar-refractivity contribution in [2.45, 2.75) is 25.8 Å². The molecule has 0 aliphatic heterocycles. The third-order valence-electron chi connectivity index (χ3n) is 4.39. The summed E-state index contributed by atoms with van der Waals surface area (Å²) in [5.74, 6) is 2.24. The van der Waals surface area contributed by atoms with Gasteiger partial charge in [-0.1, -0.05) is 12.1 Å². The molecule has 0 bridgehead atoms. The first kappa shape index (κ1) is 24.8. The molecule has 1 heterocycles. The van der Waals surface area contributed by atoms with Gasteiger partial charge in [0.2, 0.25) is 5.56 Å². The summed E-state index contributed by atoms with van der Waals surface area (Å²) in [5, 5.41) is 6.62. The van der Waals surface area contributed by atoms with Crippen LogP contribution in [0.5, 0.6) is 11.5 Å². The van der Waals surface area contributed by atoms with E-state index in [1.165, 1.54) is 0 Å². The highest BCUT2D eigenvalue weighted by Gasteiger charge is 2.05. The molecule has 0 unspecified atom stereocenters. The summed E-state index contributed by atoms with van der Waals surface area (Å²) < 4.78 is 12.3. The van der Waals surface area contributed by atoms with Gasteiger partial charge in [-0.25, -0.2) is 0 Å². The van der Waals surface area contributed by atoms with Crippen LogP contribution >= 0.6 is 24.0 Å².